The number of nitrogens with zero attached hydrogens (tertiary/aromatic N) is 1. The number of hydrogen-bond donors (Lipinski definition) is 2. The SMILES string of the molecule is CCNC(=NCC1(CCOC)CCC1)NCCc1ccccc1C. The van der Waals surface area contributed by atoms with Crippen molar-refractivity contribution in [2.24, 2.45) is 10.4 Å². The second-order valence-electron chi connectivity index (χ2n) is 6.89. The molecular formula is C20H33N3O. The molecular weight excluding hydrogens is 298 g/mol. The molecule has 4 heteroatoms. The molecule has 0 aromatic heterocycles. The number of hydrogen-bond acceptors (Lipinski definition) is 2. The molecule has 2 rings (SSSR count). The van der Waals surface area contributed by atoms with Crippen LogP contribution in [0.4, 0.5) is 0 Å². The van der Waals surface area contributed by atoms with Gasteiger partial charge in [0, 0.05) is 33.4 Å². The van der Waals surface area contributed by atoms with Crippen molar-refractivity contribution >= 4 is 5.96 Å². The van der Waals surface area contributed by atoms with Crippen LogP contribution >= 0.6 is 0 Å². The first kappa shape index (κ1) is 18.8. The Morgan fingerprint density at radius 1 is 1.25 bits per heavy atom. The molecule has 2 N–H and O–H groups in total. The van der Waals surface area contributed by atoms with Crippen molar-refractivity contribution in [2.45, 2.75) is 46.0 Å². The molecule has 0 atom stereocenters. The Morgan fingerprint density at radius 3 is 2.67 bits per heavy atom. The fourth-order valence-corrected chi connectivity index (χ4v) is 3.28. The van der Waals surface area contributed by atoms with E-state index in [0.717, 1.165) is 45.0 Å². The van der Waals surface area contributed by atoms with E-state index in [2.05, 4.69) is 48.7 Å². The molecule has 1 fully saturated rings. The Kier molecular flexibility index (Phi) is 7.57. The maximum Gasteiger partial charge on any atom is 0.191 e. The lowest BCUT2D eigenvalue weighted by atomic mass is 9.67. The Morgan fingerprint density at radius 2 is 2.04 bits per heavy atom. The number of rotatable bonds is 9. The summed E-state index contributed by atoms with van der Waals surface area (Å²) in [5.41, 5.74) is 3.12. The van der Waals surface area contributed by atoms with E-state index in [9.17, 15) is 0 Å². The average Bonchev–Trinajstić information content (AvgIpc) is 2.55. The van der Waals surface area contributed by atoms with Crippen LogP contribution in [0.25, 0.3) is 0 Å². The largest absolute Gasteiger partial charge is 0.385 e. The van der Waals surface area contributed by atoms with Crippen molar-refractivity contribution in [3.63, 3.8) is 0 Å². The number of benzene rings is 1. The standard InChI is InChI=1S/C20H33N3O/c1-4-21-19(22-14-10-18-9-6-5-8-17(18)2)23-16-20(11-7-12-20)13-15-24-3/h5-6,8-9H,4,7,10-16H2,1-3H3,(H2,21,22,23). The van der Waals surface area contributed by atoms with Crippen molar-refractivity contribution in [3.05, 3.63) is 35.4 Å². The zero-order valence-electron chi connectivity index (χ0n) is 15.5. The first-order chi connectivity index (χ1) is 11.7. The summed E-state index contributed by atoms with van der Waals surface area (Å²) in [7, 11) is 1.78. The highest BCUT2D eigenvalue weighted by atomic mass is 16.5. The smallest absolute Gasteiger partial charge is 0.191 e. The molecule has 0 bridgehead atoms. The Bertz CT molecular complexity index is 523. The summed E-state index contributed by atoms with van der Waals surface area (Å²) >= 11 is 0. The fourth-order valence-electron chi connectivity index (χ4n) is 3.28. The fraction of sp³-hybridized carbons (Fsp3) is 0.650. The van der Waals surface area contributed by atoms with E-state index in [1.807, 2.05) is 0 Å². The lowest BCUT2D eigenvalue weighted by Crippen LogP contribution is -2.41. The molecule has 1 aromatic carbocycles. The van der Waals surface area contributed by atoms with Gasteiger partial charge in [0.15, 0.2) is 5.96 Å². The van der Waals surface area contributed by atoms with Crippen LogP contribution < -0.4 is 10.6 Å². The third kappa shape index (κ3) is 5.52. The van der Waals surface area contributed by atoms with Gasteiger partial charge >= 0.3 is 0 Å². The predicted octanol–water partition coefficient (Wildman–Crippen LogP) is 3.30. The number of guanidine groups is 1. The lowest BCUT2D eigenvalue weighted by molar-refractivity contribution is 0.0778. The zero-order valence-corrected chi connectivity index (χ0v) is 15.5. The van der Waals surface area contributed by atoms with Gasteiger partial charge in [-0.05, 0) is 56.1 Å². The van der Waals surface area contributed by atoms with Gasteiger partial charge in [0.25, 0.3) is 0 Å². The maximum atomic E-state index is 5.27. The molecule has 1 aromatic rings. The Labute approximate surface area is 147 Å². The van der Waals surface area contributed by atoms with Gasteiger partial charge in [-0.2, -0.15) is 0 Å². The molecule has 0 amide bonds. The van der Waals surface area contributed by atoms with E-state index in [1.165, 1.54) is 30.4 Å². The van der Waals surface area contributed by atoms with Crippen LogP contribution in [0, 0.1) is 12.3 Å². The molecule has 24 heavy (non-hydrogen) atoms. The molecule has 1 saturated carbocycles. The van der Waals surface area contributed by atoms with E-state index in [4.69, 9.17) is 9.73 Å². The van der Waals surface area contributed by atoms with Crippen LogP contribution in [0.15, 0.2) is 29.3 Å². The Balaban J connectivity index is 1.85. The monoisotopic (exact) mass is 331 g/mol. The Hall–Kier alpha value is -1.55. The summed E-state index contributed by atoms with van der Waals surface area (Å²) in [6.45, 7) is 7.82. The van der Waals surface area contributed by atoms with Gasteiger partial charge in [-0.3, -0.25) is 4.99 Å². The number of ether oxygens (including phenoxy) is 1. The van der Waals surface area contributed by atoms with Crippen molar-refractivity contribution < 1.29 is 4.74 Å². The summed E-state index contributed by atoms with van der Waals surface area (Å²) in [5, 5.41) is 6.85. The highest BCUT2D eigenvalue weighted by Gasteiger charge is 2.36. The number of aliphatic imine (C=N–C) groups is 1. The molecule has 134 valence electrons. The van der Waals surface area contributed by atoms with Crippen LogP contribution in [-0.4, -0.2) is 39.3 Å². The highest BCUT2D eigenvalue weighted by molar-refractivity contribution is 5.79. The maximum absolute atomic E-state index is 5.27. The van der Waals surface area contributed by atoms with Gasteiger partial charge in [-0.25, -0.2) is 0 Å². The summed E-state index contributed by atoms with van der Waals surface area (Å²) in [5.74, 6) is 0.940. The first-order valence-electron chi connectivity index (χ1n) is 9.25. The van der Waals surface area contributed by atoms with Crippen LogP contribution in [0.2, 0.25) is 0 Å². The van der Waals surface area contributed by atoms with Gasteiger partial charge in [-0.1, -0.05) is 30.7 Å². The topological polar surface area (TPSA) is 45.7 Å². The van der Waals surface area contributed by atoms with Crippen molar-refractivity contribution in [1.82, 2.24) is 10.6 Å². The summed E-state index contributed by atoms with van der Waals surface area (Å²) < 4.78 is 5.27. The highest BCUT2D eigenvalue weighted by Crippen LogP contribution is 2.44. The molecule has 4 nitrogen and oxygen atoms in total. The van der Waals surface area contributed by atoms with Gasteiger partial charge in [-0.15, -0.1) is 0 Å². The van der Waals surface area contributed by atoms with Gasteiger partial charge in [0.2, 0.25) is 0 Å². The van der Waals surface area contributed by atoms with E-state index in [1.54, 1.807) is 7.11 Å². The molecule has 0 aliphatic heterocycles. The van der Waals surface area contributed by atoms with E-state index < -0.39 is 0 Å². The minimum atomic E-state index is 0.369. The molecule has 0 spiro atoms. The molecule has 0 radical (unpaired) electrons. The molecule has 0 heterocycles. The minimum absolute atomic E-state index is 0.369. The average molecular weight is 332 g/mol. The van der Waals surface area contributed by atoms with Gasteiger partial charge in [0.05, 0.1) is 0 Å². The second kappa shape index (κ2) is 9.67. The lowest BCUT2D eigenvalue weighted by Gasteiger charge is -2.40. The normalized spacial score (nSPS) is 16.5. The third-order valence-electron chi connectivity index (χ3n) is 5.12. The second-order valence-corrected chi connectivity index (χ2v) is 6.89. The first-order valence-corrected chi connectivity index (χ1v) is 9.25. The molecule has 0 unspecified atom stereocenters. The van der Waals surface area contributed by atoms with Gasteiger partial charge < -0.3 is 15.4 Å². The van der Waals surface area contributed by atoms with Crippen molar-refractivity contribution in [2.75, 3.05) is 33.4 Å². The van der Waals surface area contributed by atoms with Crippen LogP contribution in [-0.2, 0) is 11.2 Å². The molecule has 0 saturated heterocycles. The number of aryl methyl sites for hydroxylation is 1. The summed E-state index contributed by atoms with van der Waals surface area (Å²) in [4.78, 5) is 4.85. The quantitative estimate of drug-likeness (QED) is 0.539. The molecule has 1 aliphatic rings. The van der Waals surface area contributed by atoms with Crippen LogP contribution in [0.3, 0.4) is 0 Å². The summed E-state index contributed by atoms with van der Waals surface area (Å²) in [6, 6.07) is 8.58. The predicted molar refractivity (Wildman–Crippen MR) is 102 cm³/mol. The minimum Gasteiger partial charge on any atom is -0.385 e. The van der Waals surface area contributed by atoms with E-state index in [-0.39, 0.29) is 0 Å². The van der Waals surface area contributed by atoms with Crippen molar-refractivity contribution in [3.8, 4) is 0 Å². The van der Waals surface area contributed by atoms with E-state index in [0.29, 0.717) is 5.41 Å². The third-order valence-corrected chi connectivity index (χ3v) is 5.12. The van der Waals surface area contributed by atoms with Crippen LogP contribution in [0.1, 0.15) is 43.7 Å². The number of methoxy groups -OCH3 is 1. The van der Waals surface area contributed by atoms with Crippen molar-refractivity contribution in [1.29, 1.82) is 0 Å². The molecule has 1 aliphatic carbocycles. The number of nitrogens with one attached hydrogen (secondary N) is 2. The van der Waals surface area contributed by atoms with Gasteiger partial charge in [0.1, 0.15) is 0 Å². The van der Waals surface area contributed by atoms with E-state index >= 15 is 0 Å². The zero-order chi connectivity index (χ0) is 17.3. The van der Waals surface area contributed by atoms with Crippen LogP contribution in [0.5, 0.6) is 0 Å². The summed E-state index contributed by atoms with van der Waals surface area (Å²) in [6.07, 6.45) is 6.03.